The van der Waals surface area contributed by atoms with Crippen LogP contribution in [-0.2, 0) is 17.8 Å². The first kappa shape index (κ1) is 19.2. The highest BCUT2D eigenvalue weighted by Gasteiger charge is 2.50. The van der Waals surface area contributed by atoms with Crippen LogP contribution in [-0.4, -0.2) is 45.5 Å². The maximum Gasteiger partial charge on any atom is 0.266 e. The molecule has 1 fully saturated rings. The SMILES string of the molecule is Cc1cc(C)n(CCNC(=O)C2(Cc3ccccc3)CN(c3noc(C)n3)C2)n1. The summed E-state index contributed by atoms with van der Waals surface area (Å²) in [7, 11) is 0. The minimum Gasteiger partial charge on any atom is -0.354 e. The van der Waals surface area contributed by atoms with E-state index in [0.717, 1.165) is 17.0 Å². The van der Waals surface area contributed by atoms with Gasteiger partial charge >= 0.3 is 0 Å². The second-order valence-corrected chi connectivity index (χ2v) is 7.82. The van der Waals surface area contributed by atoms with E-state index in [1.165, 1.54) is 0 Å². The highest BCUT2D eigenvalue weighted by molar-refractivity contribution is 5.86. The van der Waals surface area contributed by atoms with Crippen molar-refractivity contribution in [2.45, 2.75) is 33.7 Å². The van der Waals surface area contributed by atoms with Gasteiger partial charge in [-0.3, -0.25) is 9.48 Å². The van der Waals surface area contributed by atoms with Gasteiger partial charge in [-0.05, 0) is 37.1 Å². The van der Waals surface area contributed by atoms with Gasteiger partial charge in [0, 0.05) is 32.3 Å². The van der Waals surface area contributed by atoms with E-state index in [-0.39, 0.29) is 5.91 Å². The van der Waals surface area contributed by atoms with Crippen molar-refractivity contribution in [3.8, 4) is 0 Å². The molecular weight excluding hydrogens is 368 g/mol. The van der Waals surface area contributed by atoms with E-state index in [9.17, 15) is 4.79 Å². The predicted octanol–water partition coefficient (Wildman–Crippen LogP) is 2.06. The second kappa shape index (κ2) is 7.69. The number of rotatable bonds is 7. The van der Waals surface area contributed by atoms with Gasteiger partial charge in [0.1, 0.15) is 0 Å². The number of carbonyl (C=O) groups is 1. The first-order chi connectivity index (χ1) is 13.9. The van der Waals surface area contributed by atoms with E-state index in [4.69, 9.17) is 4.52 Å². The molecule has 29 heavy (non-hydrogen) atoms. The molecule has 3 heterocycles. The van der Waals surface area contributed by atoms with Gasteiger partial charge in [0.05, 0.1) is 17.7 Å². The summed E-state index contributed by atoms with van der Waals surface area (Å²) in [5.74, 6) is 1.12. The third kappa shape index (κ3) is 4.01. The van der Waals surface area contributed by atoms with Gasteiger partial charge in [-0.1, -0.05) is 30.3 Å². The fraction of sp³-hybridized carbons (Fsp3) is 0.429. The van der Waals surface area contributed by atoms with Gasteiger partial charge in [0.2, 0.25) is 11.8 Å². The monoisotopic (exact) mass is 394 g/mol. The van der Waals surface area contributed by atoms with Gasteiger partial charge < -0.3 is 14.7 Å². The number of nitrogens with zero attached hydrogens (tertiary/aromatic N) is 5. The summed E-state index contributed by atoms with van der Waals surface area (Å²) in [5, 5.41) is 11.6. The molecule has 0 aliphatic carbocycles. The average molecular weight is 394 g/mol. The number of anilines is 1. The minimum atomic E-state index is -0.509. The maximum atomic E-state index is 13.2. The standard InChI is InChI=1S/C21H26N6O2/c1-15-11-16(2)27(24-15)10-9-22-19(28)21(12-18-7-5-4-6-8-18)13-26(14-21)20-23-17(3)29-25-20/h4-8,11H,9-10,12-14H2,1-3H3,(H,22,28). The molecule has 8 nitrogen and oxygen atoms in total. The summed E-state index contributed by atoms with van der Waals surface area (Å²) in [6, 6.07) is 12.2. The highest BCUT2D eigenvalue weighted by atomic mass is 16.5. The van der Waals surface area contributed by atoms with Gasteiger partial charge in [-0.15, -0.1) is 0 Å². The van der Waals surface area contributed by atoms with Crippen molar-refractivity contribution in [1.29, 1.82) is 0 Å². The molecule has 4 rings (SSSR count). The van der Waals surface area contributed by atoms with Crippen molar-refractivity contribution >= 4 is 11.9 Å². The molecule has 0 radical (unpaired) electrons. The summed E-state index contributed by atoms with van der Waals surface area (Å²) in [5.41, 5.74) is 2.72. The lowest BCUT2D eigenvalue weighted by Gasteiger charge is -2.48. The molecule has 1 aromatic carbocycles. The number of hydrogen-bond acceptors (Lipinski definition) is 6. The topological polar surface area (TPSA) is 89.1 Å². The number of nitrogens with one attached hydrogen (secondary N) is 1. The molecule has 3 aromatic rings. The largest absolute Gasteiger partial charge is 0.354 e. The number of carbonyl (C=O) groups excluding carboxylic acids is 1. The summed E-state index contributed by atoms with van der Waals surface area (Å²) in [6.07, 6.45) is 0.674. The Bertz CT molecular complexity index is 988. The molecule has 0 saturated carbocycles. The first-order valence-electron chi connectivity index (χ1n) is 9.84. The number of hydrogen-bond donors (Lipinski definition) is 1. The van der Waals surface area contributed by atoms with Crippen molar-refractivity contribution < 1.29 is 9.32 Å². The molecule has 1 saturated heterocycles. The Morgan fingerprint density at radius 2 is 1.97 bits per heavy atom. The predicted molar refractivity (Wildman–Crippen MR) is 109 cm³/mol. The fourth-order valence-corrected chi connectivity index (χ4v) is 3.93. The lowest BCUT2D eigenvalue weighted by molar-refractivity contribution is -0.132. The molecule has 1 aliphatic heterocycles. The van der Waals surface area contributed by atoms with E-state index in [2.05, 4.69) is 32.7 Å². The Morgan fingerprint density at radius 3 is 2.59 bits per heavy atom. The van der Waals surface area contributed by atoms with Gasteiger partial charge in [0.25, 0.3) is 5.95 Å². The van der Waals surface area contributed by atoms with E-state index >= 15 is 0 Å². The van der Waals surface area contributed by atoms with Crippen LogP contribution in [0.25, 0.3) is 0 Å². The molecule has 8 heteroatoms. The van der Waals surface area contributed by atoms with Gasteiger partial charge in [0.15, 0.2) is 0 Å². The van der Waals surface area contributed by atoms with Crippen LogP contribution in [0, 0.1) is 26.2 Å². The quantitative estimate of drug-likeness (QED) is 0.660. The van der Waals surface area contributed by atoms with Crippen molar-refractivity contribution in [1.82, 2.24) is 25.2 Å². The van der Waals surface area contributed by atoms with Crippen molar-refractivity contribution in [2.24, 2.45) is 5.41 Å². The Kier molecular flexibility index (Phi) is 5.08. The van der Waals surface area contributed by atoms with Crippen LogP contribution in [0.4, 0.5) is 5.95 Å². The second-order valence-electron chi connectivity index (χ2n) is 7.82. The van der Waals surface area contributed by atoms with E-state index in [1.807, 2.05) is 47.7 Å². The Morgan fingerprint density at radius 1 is 1.21 bits per heavy atom. The Hall–Kier alpha value is -3.16. The lowest BCUT2D eigenvalue weighted by Crippen LogP contribution is -2.65. The zero-order valence-corrected chi connectivity index (χ0v) is 17.1. The van der Waals surface area contributed by atoms with Crippen LogP contribution in [0.1, 0.15) is 22.8 Å². The highest BCUT2D eigenvalue weighted by Crippen LogP contribution is 2.36. The van der Waals surface area contributed by atoms with Crippen LogP contribution >= 0.6 is 0 Å². The van der Waals surface area contributed by atoms with Crippen LogP contribution in [0.2, 0.25) is 0 Å². The Balaban J connectivity index is 1.43. The summed E-state index contributed by atoms with van der Waals surface area (Å²) in [6.45, 7) is 8.08. The molecule has 0 spiro atoms. The zero-order chi connectivity index (χ0) is 20.4. The van der Waals surface area contributed by atoms with E-state index in [1.54, 1.807) is 6.92 Å². The summed E-state index contributed by atoms with van der Waals surface area (Å²) < 4.78 is 7.01. The van der Waals surface area contributed by atoms with Crippen LogP contribution in [0.3, 0.4) is 0 Å². The third-order valence-corrected chi connectivity index (χ3v) is 5.37. The number of benzene rings is 1. The molecule has 1 amide bonds. The minimum absolute atomic E-state index is 0.0550. The van der Waals surface area contributed by atoms with Crippen LogP contribution in [0.5, 0.6) is 0 Å². The fourth-order valence-electron chi connectivity index (χ4n) is 3.93. The van der Waals surface area contributed by atoms with Crippen molar-refractivity contribution in [3.05, 3.63) is 59.2 Å². The molecule has 0 unspecified atom stereocenters. The molecule has 2 aromatic heterocycles. The smallest absolute Gasteiger partial charge is 0.266 e. The maximum absolute atomic E-state index is 13.2. The average Bonchev–Trinajstić information content (AvgIpc) is 3.23. The summed E-state index contributed by atoms with van der Waals surface area (Å²) >= 11 is 0. The number of aromatic nitrogens is 4. The normalized spacial score (nSPS) is 15.2. The molecule has 0 bridgehead atoms. The zero-order valence-electron chi connectivity index (χ0n) is 17.1. The Labute approximate surface area is 169 Å². The van der Waals surface area contributed by atoms with E-state index < -0.39 is 5.41 Å². The van der Waals surface area contributed by atoms with Gasteiger partial charge in [-0.25, -0.2) is 0 Å². The van der Waals surface area contributed by atoms with Crippen molar-refractivity contribution in [3.63, 3.8) is 0 Å². The molecule has 152 valence electrons. The van der Waals surface area contributed by atoms with Crippen LogP contribution in [0.15, 0.2) is 40.9 Å². The number of aryl methyl sites for hydroxylation is 3. The molecule has 0 atom stereocenters. The first-order valence-corrected chi connectivity index (χ1v) is 9.84. The molecule has 1 aliphatic rings. The number of amides is 1. The third-order valence-electron chi connectivity index (χ3n) is 5.37. The molecular formula is C21H26N6O2. The lowest BCUT2D eigenvalue weighted by atomic mass is 9.74. The molecule has 1 N–H and O–H groups in total. The van der Waals surface area contributed by atoms with E-state index in [0.29, 0.717) is 44.4 Å². The summed E-state index contributed by atoms with van der Waals surface area (Å²) in [4.78, 5) is 19.5. The van der Waals surface area contributed by atoms with Crippen LogP contribution < -0.4 is 10.2 Å². The van der Waals surface area contributed by atoms with Gasteiger partial charge in [-0.2, -0.15) is 10.1 Å². The van der Waals surface area contributed by atoms with Crippen molar-refractivity contribution in [2.75, 3.05) is 24.5 Å².